The number of benzene rings is 1. The van der Waals surface area contributed by atoms with E-state index in [-0.39, 0.29) is 0 Å². The predicted molar refractivity (Wildman–Crippen MR) is 85.5 cm³/mol. The molecular formula is C13H7Br3N2. The van der Waals surface area contributed by atoms with E-state index in [0.717, 1.165) is 27.4 Å². The van der Waals surface area contributed by atoms with Crippen molar-refractivity contribution in [3.05, 3.63) is 48.3 Å². The van der Waals surface area contributed by atoms with E-state index >= 15 is 0 Å². The second-order valence-electron chi connectivity index (χ2n) is 3.89. The van der Waals surface area contributed by atoms with E-state index in [2.05, 4.69) is 69.9 Å². The van der Waals surface area contributed by atoms with Crippen LogP contribution in [0.15, 0.2) is 42.7 Å². The van der Waals surface area contributed by atoms with Gasteiger partial charge in [0.05, 0.1) is 11.0 Å². The van der Waals surface area contributed by atoms with E-state index in [1.807, 2.05) is 18.2 Å². The van der Waals surface area contributed by atoms with Gasteiger partial charge < -0.3 is 0 Å². The van der Waals surface area contributed by atoms with Crippen LogP contribution in [0.25, 0.3) is 21.8 Å². The molecule has 3 aromatic rings. The van der Waals surface area contributed by atoms with Gasteiger partial charge in [0.25, 0.3) is 0 Å². The first-order valence-electron chi connectivity index (χ1n) is 5.27. The van der Waals surface area contributed by atoms with Crippen molar-refractivity contribution < 1.29 is 0 Å². The highest BCUT2D eigenvalue weighted by molar-refractivity contribution is 9.38. The molecule has 0 unspecified atom stereocenters. The van der Waals surface area contributed by atoms with Gasteiger partial charge in [-0.15, -0.1) is 0 Å². The first kappa shape index (κ1) is 12.5. The summed E-state index contributed by atoms with van der Waals surface area (Å²) in [4.78, 5) is 8.88. The standard InChI is InChI=1S/C13H7Br3N2/c14-13(15,16)10-5-7-18-12-9(10)4-3-8-2-1-6-17-11(8)12/h1-7H. The third-order valence-electron chi connectivity index (χ3n) is 2.79. The zero-order valence-corrected chi connectivity index (χ0v) is 13.8. The summed E-state index contributed by atoms with van der Waals surface area (Å²) in [6.07, 6.45) is 3.59. The molecule has 0 aliphatic rings. The normalized spacial score (nSPS) is 12.2. The maximum Gasteiger partial charge on any atom is 0.160 e. The molecule has 0 aliphatic carbocycles. The summed E-state index contributed by atoms with van der Waals surface area (Å²) >= 11 is 10.7. The van der Waals surface area contributed by atoms with Crippen LogP contribution in [-0.2, 0) is 2.14 Å². The summed E-state index contributed by atoms with van der Waals surface area (Å²) in [6.45, 7) is 0. The van der Waals surface area contributed by atoms with Crippen molar-refractivity contribution in [2.75, 3.05) is 0 Å². The highest BCUT2D eigenvalue weighted by atomic mass is 80.0. The fraction of sp³-hybridized carbons (Fsp3) is 0.0769. The first-order valence-corrected chi connectivity index (χ1v) is 7.65. The van der Waals surface area contributed by atoms with Crippen molar-refractivity contribution in [1.82, 2.24) is 9.97 Å². The van der Waals surface area contributed by atoms with Gasteiger partial charge in [-0.05, 0) is 12.1 Å². The summed E-state index contributed by atoms with van der Waals surface area (Å²) in [5, 5.41) is 2.16. The van der Waals surface area contributed by atoms with Crippen molar-refractivity contribution in [2.24, 2.45) is 0 Å². The second kappa shape index (κ2) is 4.54. The van der Waals surface area contributed by atoms with Gasteiger partial charge in [0.2, 0.25) is 0 Å². The molecule has 2 heterocycles. The van der Waals surface area contributed by atoms with Crippen molar-refractivity contribution in [3.8, 4) is 0 Å². The maximum absolute atomic E-state index is 4.46. The topological polar surface area (TPSA) is 25.8 Å². The molecule has 90 valence electrons. The summed E-state index contributed by atoms with van der Waals surface area (Å²) in [6, 6.07) is 10.1. The minimum Gasteiger partial charge on any atom is -0.254 e. The average Bonchev–Trinajstić information content (AvgIpc) is 2.36. The zero-order chi connectivity index (χ0) is 12.8. The molecule has 5 heteroatoms. The fourth-order valence-corrected chi connectivity index (χ4v) is 3.04. The number of alkyl halides is 3. The Labute approximate surface area is 129 Å². The highest BCUT2D eigenvalue weighted by Gasteiger charge is 2.23. The van der Waals surface area contributed by atoms with Gasteiger partial charge in [0.15, 0.2) is 2.14 Å². The second-order valence-corrected chi connectivity index (χ2v) is 10.7. The lowest BCUT2D eigenvalue weighted by molar-refractivity contribution is 1.32. The van der Waals surface area contributed by atoms with Crippen LogP contribution in [0.4, 0.5) is 0 Å². The van der Waals surface area contributed by atoms with E-state index < -0.39 is 2.14 Å². The molecular weight excluding hydrogens is 424 g/mol. The van der Waals surface area contributed by atoms with Gasteiger partial charge >= 0.3 is 0 Å². The number of hydrogen-bond donors (Lipinski definition) is 0. The van der Waals surface area contributed by atoms with Gasteiger partial charge in [-0.1, -0.05) is 66.0 Å². The minimum atomic E-state index is -0.448. The van der Waals surface area contributed by atoms with Crippen molar-refractivity contribution in [1.29, 1.82) is 0 Å². The molecule has 2 aromatic heterocycles. The quantitative estimate of drug-likeness (QED) is 0.367. The Balaban J connectivity index is 2.48. The Bertz CT molecular complexity index is 735. The lowest BCUT2D eigenvalue weighted by atomic mass is 10.1. The van der Waals surface area contributed by atoms with Crippen LogP contribution in [0.2, 0.25) is 0 Å². The molecule has 18 heavy (non-hydrogen) atoms. The molecule has 3 rings (SSSR count). The zero-order valence-electron chi connectivity index (χ0n) is 9.07. The highest BCUT2D eigenvalue weighted by Crippen LogP contribution is 2.46. The number of rotatable bonds is 0. The SMILES string of the molecule is BrC(Br)(Br)c1ccnc2c1ccc1cccnc12. The van der Waals surface area contributed by atoms with Crippen LogP contribution >= 0.6 is 47.8 Å². The molecule has 0 saturated carbocycles. The summed E-state index contributed by atoms with van der Waals surface area (Å²) in [7, 11) is 0. The lowest BCUT2D eigenvalue weighted by Crippen LogP contribution is -2.00. The Morgan fingerprint density at radius 2 is 1.61 bits per heavy atom. The molecule has 0 spiro atoms. The smallest absolute Gasteiger partial charge is 0.160 e. The Morgan fingerprint density at radius 3 is 2.39 bits per heavy atom. The number of fused-ring (bicyclic) bond motifs is 3. The van der Waals surface area contributed by atoms with Gasteiger partial charge in [-0.25, -0.2) is 0 Å². The van der Waals surface area contributed by atoms with Crippen LogP contribution in [-0.4, -0.2) is 9.97 Å². The third-order valence-corrected chi connectivity index (χ3v) is 4.07. The van der Waals surface area contributed by atoms with Gasteiger partial charge in [0, 0.05) is 28.7 Å². The molecule has 0 amide bonds. The Kier molecular flexibility index (Phi) is 3.16. The summed E-state index contributed by atoms with van der Waals surface area (Å²) in [5.74, 6) is 0. The minimum absolute atomic E-state index is 0.448. The number of aromatic nitrogens is 2. The average molecular weight is 431 g/mol. The van der Waals surface area contributed by atoms with Crippen molar-refractivity contribution in [3.63, 3.8) is 0 Å². The van der Waals surface area contributed by atoms with Crippen molar-refractivity contribution >= 4 is 69.6 Å². The molecule has 0 saturated heterocycles. The van der Waals surface area contributed by atoms with Gasteiger partial charge in [-0.3, -0.25) is 9.97 Å². The molecule has 0 fully saturated rings. The predicted octanol–water partition coefficient (Wildman–Crippen LogP) is 5.08. The van der Waals surface area contributed by atoms with Crippen LogP contribution in [0.1, 0.15) is 5.56 Å². The number of nitrogens with zero attached hydrogens (tertiary/aromatic N) is 2. The van der Waals surface area contributed by atoms with Crippen LogP contribution in [0.5, 0.6) is 0 Å². The largest absolute Gasteiger partial charge is 0.254 e. The van der Waals surface area contributed by atoms with Crippen LogP contribution < -0.4 is 0 Å². The maximum atomic E-state index is 4.46. The van der Waals surface area contributed by atoms with Crippen LogP contribution in [0.3, 0.4) is 0 Å². The van der Waals surface area contributed by atoms with E-state index in [9.17, 15) is 0 Å². The van der Waals surface area contributed by atoms with Gasteiger partial charge in [0.1, 0.15) is 0 Å². The third kappa shape index (κ3) is 2.08. The molecule has 0 aliphatic heterocycles. The molecule has 1 aromatic carbocycles. The lowest BCUT2D eigenvalue weighted by Gasteiger charge is -2.15. The van der Waals surface area contributed by atoms with Crippen molar-refractivity contribution in [2.45, 2.75) is 2.14 Å². The van der Waals surface area contributed by atoms with E-state index in [1.165, 1.54) is 0 Å². The Morgan fingerprint density at radius 1 is 0.833 bits per heavy atom. The van der Waals surface area contributed by atoms with E-state index in [1.54, 1.807) is 12.4 Å². The number of halogens is 3. The molecule has 0 bridgehead atoms. The molecule has 2 nitrogen and oxygen atoms in total. The number of pyridine rings is 2. The molecule has 0 atom stereocenters. The monoisotopic (exact) mass is 428 g/mol. The van der Waals surface area contributed by atoms with E-state index in [0.29, 0.717) is 0 Å². The molecule has 0 radical (unpaired) electrons. The summed E-state index contributed by atoms with van der Waals surface area (Å²) < 4.78 is -0.448. The number of hydrogen-bond acceptors (Lipinski definition) is 2. The van der Waals surface area contributed by atoms with Crippen LogP contribution in [0, 0.1) is 0 Å². The Hall–Kier alpha value is -0.520. The first-order chi connectivity index (χ1) is 8.57. The van der Waals surface area contributed by atoms with Gasteiger partial charge in [-0.2, -0.15) is 0 Å². The molecule has 0 N–H and O–H groups in total. The fourth-order valence-electron chi connectivity index (χ4n) is 2.00. The van der Waals surface area contributed by atoms with E-state index in [4.69, 9.17) is 0 Å². The summed E-state index contributed by atoms with van der Waals surface area (Å²) in [5.41, 5.74) is 2.90.